The average molecular weight is 963 g/mol. The molecule has 5 unspecified atom stereocenters. The van der Waals surface area contributed by atoms with Crippen molar-refractivity contribution in [2.24, 2.45) is 35.5 Å². The molecular weight excluding hydrogens is 893 g/mol. The molecule has 0 bridgehead atoms. The molecule has 0 N–H and O–H groups in total. The van der Waals surface area contributed by atoms with Gasteiger partial charge in [0.1, 0.15) is 0 Å². The number of fused-ring (bicyclic) bond motifs is 3. The highest BCUT2D eigenvalue weighted by Crippen LogP contribution is 2.55. The van der Waals surface area contributed by atoms with Crippen LogP contribution in [-0.4, -0.2) is 0 Å². The van der Waals surface area contributed by atoms with Crippen LogP contribution in [0.25, 0.3) is 17.7 Å². The number of allylic oxidation sites excluding steroid dienone is 19. The molecule has 0 radical (unpaired) electrons. The number of aryl methyl sites for hydroxylation is 2. The summed E-state index contributed by atoms with van der Waals surface area (Å²) in [6, 6.07) is 56.7. The largest absolute Gasteiger partial charge is 0.314 e. The van der Waals surface area contributed by atoms with Crippen molar-refractivity contribution < 1.29 is 0 Å². The molecule has 6 aliphatic carbocycles. The SMILES string of the molecule is C1=CC2C[C@@H]2C=C1.C=C\C=C/C=C(C)/C=C\c1ccc(N(c2ccccc2)c2ccc(C)cc2)cc1.CCC1=CC=C(N(c2ccc(C)cc2)c2ccc(/C=C(/C3=CC4CC4C=C3)c3ccccc3)cc2)C2CC12. The number of benzene rings is 6. The molecule has 3 fully saturated rings. The molecule has 2 heteroatoms. The van der Waals surface area contributed by atoms with Gasteiger partial charge in [-0.2, -0.15) is 0 Å². The number of hydrogen-bond acceptors (Lipinski definition) is 2. The van der Waals surface area contributed by atoms with Crippen molar-refractivity contribution in [3.63, 3.8) is 0 Å². The zero-order chi connectivity index (χ0) is 50.8. The van der Waals surface area contributed by atoms with Gasteiger partial charge in [0.05, 0.1) is 0 Å². The third-order valence-electron chi connectivity index (χ3n) is 15.1. The van der Waals surface area contributed by atoms with Gasteiger partial charge in [0.2, 0.25) is 0 Å². The van der Waals surface area contributed by atoms with Crippen molar-refractivity contribution in [3.8, 4) is 0 Å². The van der Waals surface area contributed by atoms with Crippen molar-refractivity contribution in [2.75, 3.05) is 9.80 Å². The highest BCUT2D eigenvalue weighted by atomic mass is 15.2. The van der Waals surface area contributed by atoms with Crippen molar-refractivity contribution in [1.82, 2.24) is 0 Å². The van der Waals surface area contributed by atoms with Gasteiger partial charge in [-0.25, -0.2) is 0 Å². The van der Waals surface area contributed by atoms with Crippen molar-refractivity contribution in [3.05, 3.63) is 300 Å². The number of rotatable bonds is 14. The highest BCUT2D eigenvalue weighted by molar-refractivity contribution is 5.93. The summed E-state index contributed by atoms with van der Waals surface area (Å²) >= 11 is 0. The number of nitrogens with zero attached hydrogens (tertiary/aromatic N) is 2. The summed E-state index contributed by atoms with van der Waals surface area (Å²) < 4.78 is 0. The number of para-hydroxylation sites is 1. The van der Waals surface area contributed by atoms with Crippen LogP contribution in [0.4, 0.5) is 28.4 Å². The number of hydrogen-bond donors (Lipinski definition) is 0. The predicted molar refractivity (Wildman–Crippen MR) is 319 cm³/mol. The average Bonchev–Trinajstić information content (AvgIpc) is 4.34. The Hall–Kier alpha value is -7.94. The second-order valence-corrected chi connectivity index (χ2v) is 20.7. The maximum atomic E-state index is 3.68. The second kappa shape index (κ2) is 23.3. The van der Waals surface area contributed by atoms with Gasteiger partial charge in [0.25, 0.3) is 0 Å². The molecule has 6 aliphatic rings. The van der Waals surface area contributed by atoms with Crippen LogP contribution in [0.2, 0.25) is 0 Å². The molecule has 6 aromatic carbocycles. The zero-order valence-corrected chi connectivity index (χ0v) is 43.6. The van der Waals surface area contributed by atoms with Crippen LogP contribution < -0.4 is 9.80 Å². The summed E-state index contributed by atoms with van der Waals surface area (Å²) in [5.74, 6) is 4.73. The van der Waals surface area contributed by atoms with Gasteiger partial charge in [-0.15, -0.1) is 0 Å². The lowest BCUT2D eigenvalue weighted by atomic mass is 9.92. The van der Waals surface area contributed by atoms with Gasteiger partial charge in [-0.05, 0) is 177 Å². The molecular formula is C72H70N2. The van der Waals surface area contributed by atoms with Crippen LogP contribution in [0.15, 0.2) is 272 Å². The molecule has 0 amide bonds. The molecule has 6 aromatic rings. The third-order valence-corrected chi connectivity index (χ3v) is 15.1. The highest BCUT2D eigenvalue weighted by Gasteiger charge is 2.45. The summed E-state index contributed by atoms with van der Waals surface area (Å²) in [6.07, 6.45) is 40.4. The van der Waals surface area contributed by atoms with Gasteiger partial charge in [0, 0.05) is 40.1 Å². The Morgan fingerprint density at radius 1 is 0.554 bits per heavy atom. The molecule has 3 saturated carbocycles. The molecule has 74 heavy (non-hydrogen) atoms. The van der Waals surface area contributed by atoms with E-state index in [0.29, 0.717) is 5.92 Å². The Morgan fingerprint density at radius 3 is 1.68 bits per heavy atom. The Balaban J connectivity index is 0.000000153. The maximum absolute atomic E-state index is 3.68. The first-order chi connectivity index (χ1) is 36.3. The summed E-state index contributed by atoms with van der Waals surface area (Å²) in [5, 5.41) is 0. The lowest BCUT2D eigenvalue weighted by Gasteiger charge is -2.30. The van der Waals surface area contributed by atoms with Crippen LogP contribution >= 0.6 is 0 Å². The van der Waals surface area contributed by atoms with Crippen molar-refractivity contribution in [2.45, 2.75) is 53.4 Å². The molecule has 6 atom stereocenters. The second-order valence-electron chi connectivity index (χ2n) is 20.7. The van der Waals surface area contributed by atoms with Gasteiger partial charge in [0.15, 0.2) is 0 Å². The molecule has 0 spiro atoms. The lowest BCUT2D eigenvalue weighted by Crippen LogP contribution is -2.20. The van der Waals surface area contributed by atoms with Crippen LogP contribution in [0, 0.1) is 49.4 Å². The first-order valence-electron chi connectivity index (χ1n) is 26.9. The minimum Gasteiger partial charge on any atom is -0.314 e. The minimum atomic E-state index is 0.636. The molecule has 2 nitrogen and oxygen atoms in total. The van der Waals surface area contributed by atoms with Crippen LogP contribution in [-0.2, 0) is 0 Å². The fourth-order valence-electron chi connectivity index (χ4n) is 10.4. The van der Waals surface area contributed by atoms with Gasteiger partial charge < -0.3 is 9.80 Å². The van der Waals surface area contributed by atoms with Crippen molar-refractivity contribution in [1.29, 1.82) is 0 Å². The monoisotopic (exact) mass is 963 g/mol. The summed E-state index contributed by atoms with van der Waals surface area (Å²) in [4.78, 5) is 4.76. The van der Waals surface area contributed by atoms with Crippen molar-refractivity contribution >= 4 is 46.2 Å². The Morgan fingerprint density at radius 2 is 1.09 bits per heavy atom. The molecule has 368 valence electrons. The third kappa shape index (κ3) is 12.4. The van der Waals surface area contributed by atoms with Gasteiger partial charge in [-0.1, -0.05) is 218 Å². The standard InChI is InChI=1S/C37H35N.C28H27N.C7H8/c1-3-27-15-20-37(36-24-35(27)36)38(32-16-9-25(2)10-17-32)33-18-11-26(12-19-33)21-34(28-7-5-4-6-8-28)30-14-13-29-22-31(29)23-30;1-4-5-7-10-23(2)13-16-25-17-21-28(22-18-25)29(26-11-8-6-9-12-26)27-19-14-24(3)15-20-27;1-2-4-7-5-6(7)3-1/h4-21,23,29,31,35-36H,3,22,24H2,1-2H3;4-22H,1H2,2-3H3;1-4,6-7H,5H2/b34-21+;7-5-,16-13-,23-10+;/t;;6-,7?/m..0/s1. The maximum Gasteiger partial charge on any atom is 0.0462 e. The minimum absolute atomic E-state index is 0.636. The number of anilines is 5. The Kier molecular flexibility index (Phi) is 15.6. The fourth-order valence-corrected chi connectivity index (χ4v) is 10.4. The van der Waals surface area contributed by atoms with E-state index in [2.05, 4.69) is 275 Å². The van der Waals surface area contributed by atoms with Gasteiger partial charge in [-0.3, -0.25) is 0 Å². The van der Waals surface area contributed by atoms with E-state index >= 15 is 0 Å². The predicted octanol–water partition coefficient (Wildman–Crippen LogP) is 19.6. The lowest BCUT2D eigenvalue weighted by molar-refractivity contribution is 0.800. The first kappa shape index (κ1) is 49.6. The summed E-state index contributed by atoms with van der Waals surface area (Å²) in [5.41, 5.74) is 19.0. The van der Waals surface area contributed by atoms with E-state index in [4.69, 9.17) is 0 Å². The van der Waals surface area contributed by atoms with E-state index in [9.17, 15) is 0 Å². The molecule has 0 aliphatic heterocycles. The Labute approximate surface area is 442 Å². The van der Waals surface area contributed by atoms with Crippen LogP contribution in [0.3, 0.4) is 0 Å². The summed E-state index contributed by atoms with van der Waals surface area (Å²) in [6.45, 7) is 12.3. The Bertz CT molecular complexity index is 3190. The van der Waals surface area contributed by atoms with E-state index in [1.807, 2.05) is 18.2 Å². The van der Waals surface area contributed by atoms with E-state index in [-0.39, 0.29) is 0 Å². The quantitative estimate of drug-likeness (QED) is 0.0793. The first-order valence-corrected chi connectivity index (χ1v) is 26.9. The van der Waals surface area contributed by atoms with Crippen LogP contribution in [0.1, 0.15) is 67.3 Å². The van der Waals surface area contributed by atoms with E-state index in [1.165, 1.54) is 80.9 Å². The van der Waals surface area contributed by atoms with Crippen LogP contribution in [0.5, 0.6) is 0 Å². The smallest absolute Gasteiger partial charge is 0.0462 e. The van der Waals surface area contributed by atoms with Gasteiger partial charge >= 0.3 is 0 Å². The summed E-state index contributed by atoms with van der Waals surface area (Å²) in [7, 11) is 0. The molecule has 0 saturated heterocycles. The topological polar surface area (TPSA) is 6.48 Å². The normalized spacial score (nSPS) is 21.6. The van der Waals surface area contributed by atoms with E-state index in [0.717, 1.165) is 53.1 Å². The fraction of sp³-hybridized carbons (Fsp3) is 0.194. The van der Waals surface area contributed by atoms with E-state index in [1.54, 1.807) is 11.6 Å². The zero-order valence-electron chi connectivity index (χ0n) is 43.6. The van der Waals surface area contributed by atoms with E-state index < -0.39 is 0 Å². The molecule has 12 rings (SSSR count). The molecule has 0 aromatic heterocycles. The molecule has 0 heterocycles.